The second-order valence-electron chi connectivity index (χ2n) is 4.35. The van der Waals surface area contributed by atoms with Gasteiger partial charge >= 0.3 is 0 Å². The molecule has 1 amide bonds. The van der Waals surface area contributed by atoms with Crippen LogP contribution in [0.25, 0.3) is 21.5 Å². The number of hydrogen-bond acceptors (Lipinski definition) is 2. The molecule has 0 saturated heterocycles. The zero-order chi connectivity index (χ0) is 12.7. The van der Waals surface area contributed by atoms with E-state index in [0.29, 0.717) is 11.3 Å². The summed E-state index contributed by atoms with van der Waals surface area (Å²) < 4.78 is 0. The Labute approximate surface area is 104 Å². The lowest BCUT2D eigenvalue weighted by atomic mass is 10.00. The van der Waals surface area contributed by atoms with Crippen LogP contribution in [0.2, 0.25) is 0 Å². The van der Waals surface area contributed by atoms with Crippen molar-refractivity contribution in [3.63, 3.8) is 0 Å². The van der Waals surface area contributed by atoms with Crippen LogP contribution in [-0.4, -0.2) is 5.91 Å². The number of hydrogen-bond donors (Lipinski definition) is 2. The number of benzene rings is 3. The molecule has 0 radical (unpaired) electrons. The van der Waals surface area contributed by atoms with Gasteiger partial charge in [-0.3, -0.25) is 4.79 Å². The SMILES string of the molecule is NC(=O)c1cc(N)c2cc3ccccc3cc2c1. The van der Waals surface area contributed by atoms with Gasteiger partial charge in [0.25, 0.3) is 0 Å². The van der Waals surface area contributed by atoms with Gasteiger partial charge in [-0.05, 0) is 40.4 Å². The summed E-state index contributed by atoms with van der Waals surface area (Å²) in [6, 6.07) is 15.5. The van der Waals surface area contributed by atoms with E-state index in [0.717, 1.165) is 21.5 Å². The van der Waals surface area contributed by atoms with Gasteiger partial charge in [-0.25, -0.2) is 0 Å². The minimum absolute atomic E-state index is 0.440. The van der Waals surface area contributed by atoms with Crippen molar-refractivity contribution in [1.29, 1.82) is 0 Å². The van der Waals surface area contributed by atoms with E-state index >= 15 is 0 Å². The molecule has 4 N–H and O–H groups in total. The summed E-state index contributed by atoms with van der Waals surface area (Å²) >= 11 is 0. The number of carbonyl (C=O) groups excluding carboxylic acids is 1. The predicted molar refractivity (Wildman–Crippen MR) is 74.4 cm³/mol. The molecule has 3 aromatic rings. The normalized spacial score (nSPS) is 10.9. The molecule has 0 spiro atoms. The van der Waals surface area contributed by atoms with Crippen molar-refractivity contribution < 1.29 is 4.79 Å². The molecule has 0 aliphatic rings. The maximum atomic E-state index is 11.2. The number of carbonyl (C=O) groups is 1. The summed E-state index contributed by atoms with van der Waals surface area (Å²) in [6.07, 6.45) is 0. The van der Waals surface area contributed by atoms with Crippen molar-refractivity contribution in [2.45, 2.75) is 0 Å². The van der Waals surface area contributed by atoms with E-state index in [2.05, 4.69) is 0 Å². The average Bonchev–Trinajstić information content (AvgIpc) is 2.36. The summed E-state index contributed by atoms with van der Waals surface area (Å²) in [5.74, 6) is -0.461. The zero-order valence-corrected chi connectivity index (χ0v) is 9.68. The lowest BCUT2D eigenvalue weighted by Gasteiger charge is -2.07. The van der Waals surface area contributed by atoms with Crippen LogP contribution < -0.4 is 11.5 Å². The van der Waals surface area contributed by atoms with Gasteiger partial charge in [0.05, 0.1) is 0 Å². The van der Waals surface area contributed by atoms with Crippen LogP contribution in [-0.2, 0) is 0 Å². The molecule has 0 saturated carbocycles. The Morgan fingerprint density at radius 1 is 0.889 bits per heavy atom. The van der Waals surface area contributed by atoms with E-state index in [-0.39, 0.29) is 0 Å². The van der Waals surface area contributed by atoms with E-state index in [9.17, 15) is 4.79 Å². The fourth-order valence-corrected chi connectivity index (χ4v) is 2.22. The van der Waals surface area contributed by atoms with Crippen LogP contribution in [0.5, 0.6) is 0 Å². The fraction of sp³-hybridized carbons (Fsp3) is 0. The largest absolute Gasteiger partial charge is 0.398 e. The number of amides is 1. The molecule has 0 heterocycles. The van der Waals surface area contributed by atoms with Gasteiger partial charge in [0.15, 0.2) is 0 Å². The summed E-state index contributed by atoms with van der Waals surface area (Å²) in [4.78, 5) is 11.2. The fourth-order valence-electron chi connectivity index (χ4n) is 2.22. The molecule has 3 heteroatoms. The van der Waals surface area contributed by atoms with Gasteiger partial charge in [-0.1, -0.05) is 24.3 Å². The Morgan fingerprint density at radius 3 is 2.22 bits per heavy atom. The minimum atomic E-state index is -0.461. The minimum Gasteiger partial charge on any atom is -0.398 e. The van der Waals surface area contributed by atoms with Gasteiger partial charge < -0.3 is 11.5 Å². The standard InChI is InChI=1S/C15H12N2O/c16-14-8-12(15(17)18)6-11-5-9-3-1-2-4-10(9)7-13(11)14/h1-8H,16H2,(H2,17,18). The summed E-state index contributed by atoms with van der Waals surface area (Å²) in [6.45, 7) is 0. The first-order valence-corrected chi connectivity index (χ1v) is 5.67. The average molecular weight is 236 g/mol. The lowest BCUT2D eigenvalue weighted by molar-refractivity contribution is 0.100. The van der Waals surface area contributed by atoms with E-state index in [1.54, 1.807) is 12.1 Å². The molecule has 0 aliphatic carbocycles. The molecule has 88 valence electrons. The third kappa shape index (κ3) is 1.57. The van der Waals surface area contributed by atoms with Crippen molar-refractivity contribution in [2.24, 2.45) is 5.73 Å². The Hall–Kier alpha value is -2.55. The Balaban J connectivity index is 2.42. The molecular weight excluding hydrogens is 224 g/mol. The first-order chi connectivity index (χ1) is 8.65. The number of anilines is 1. The molecule has 0 atom stereocenters. The maximum absolute atomic E-state index is 11.2. The van der Waals surface area contributed by atoms with E-state index in [4.69, 9.17) is 11.5 Å². The number of primary amides is 1. The van der Waals surface area contributed by atoms with Crippen LogP contribution in [0.3, 0.4) is 0 Å². The zero-order valence-electron chi connectivity index (χ0n) is 9.68. The monoisotopic (exact) mass is 236 g/mol. The van der Waals surface area contributed by atoms with Gasteiger partial charge in [-0.2, -0.15) is 0 Å². The van der Waals surface area contributed by atoms with Crippen LogP contribution in [0, 0.1) is 0 Å². The lowest BCUT2D eigenvalue weighted by Crippen LogP contribution is -2.11. The highest BCUT2D eigenvalue weighted by atomic mass is 16.1. The highest BCUT2D eigenvalue weighted by Crippen LogP contribution is 2.28. The molecular formula is C15H12N2O. The highest BCUT2D eigenvalue weighted by molar-refractivity contribution is 6.07. The summed E-state index contributed by atoms with van der Waals surface area (Å²) in [7, 11) is 0. The van der Waals surface area contributed by atoms with Crippen molar-refractivity contribution in [3.8, 4) is 0 Å². The topological polar surface area (TPSA) is 69.1 Å². The maximum Gasteiger partial charge on any atom is 0.248 e. The van der Waals surface area contributed by atoms with Crippen LogP contribution in [0.15, 0.2) is 48.5 Å². The van der Waals surface area contributed by atoms with Crippen molar-refractivity contribution in [2.75, 3.05) is 5.73 Å². The number of fused-ring (bicyclic) bond motifs is 2. The van der Waals surface area contributed by atoms with Crippen molar-refractivity contribution >= 4 is 33.1 Å². The molecule has 0 aliphatic heterocycles. The Bertz CT molecular complexity index is 778. The van der Waals surface area contributed by atoms with E-state index < -0.39 is 5.91 Å². The third-order valence-corrected chi connectivity index (χ3v) is 3.14. The molecule has 3 rings (SSSR count). The van der Waals surface area contributed by atoms with Crippen LogP contribution >= 0.6 is 0 Å². The summed E-state index contributed by atoms with van der Waals surface area (Å²) in [5, 5.41) is 4.12. The smallest absolute Gasteiger partial charge is 0.248 e. The number of rotatable bonds is 1. The second kappa shape index (κ2) is 3.74. The first-order valence-electron chi connectivity index (χ1n) is 5.67. The molecule has 0 fully saturated rings. The van der Waals surface area contributed by atoms with Crippen LogP contribution in [0.4, 0.5) is 5.69 Å². The Kier molecular flexibility index (Phi) is 2.20. The van der Waals surface area contributed by atoms with Crippen molar-refractivity contribution in [3.05, 3.63) is 54.1 Å². The molecule has 3 aromatic carbocycles. The molecule has 0 aromatic heterocycles. The summed E-state index contributed by atoms with van der Waals surface area (Å²) in [5.41, 5.74) is 12.3. The molecule has 18 heavy (non-hydrogen) atoms. The van der Waals surface area contributed by atoms with Gasteiger partial charge in [-0.15, -0.1) is 0 Å². The quantitative estimate of drug-likeness (QED) is 0.503. The Morgan fingerprint density at radius 2 is 1.56 bits per heavy atom. The first kappa shape index (κ1) is 10.6. The van der Waals surface area contributed by atoms with Gasteiger partial charge in [0.1, 0.15) is 0 Å². The predicted octanol–water partition coefficient (Wildman–Crippen LogP) is 2.67. The molecule has 3 nitrogen and oxygen atoms in total. The van der Waals surface area contributed by atoms with Crippen molar-refractivity contribution in [1.82, 2.24) is 0 Å². The van der Waals surface area contributed by atoms with E-state index in [1.165, 1.54) is 0 Å². The van der Waals surface area contributed by atoms with Gasteiger partial charge in [0.2, 0.25) is 5.91 Å². The van der Waals surface area contributed by atoms with Gasteiger partial charge in [0, 0.05) is 16.6 Å². The van der Waals surface area contributed by atoms with E-state index in [1.807, 2.05) is 36.4 Å². The highest BCUT2D eigenvalue weighted by Gasteiger charge is 2.06. The third-order valence-electron chi connectivity index (χ3n) is 3.14. The molecule has 0 unspecified atom stereocenters. The second-order valence-corrected chi connectivity index (χ2v) is 4.35. The van der Waals surface area contributed by atoms with Crippen LogP contribution in [0.1, 0.15) is 10.4 Å². The number of nitrogens with two attached hydrogens (primary N) is 2. The number of nitrogen functional groups attached to an aromatic ring is 1. The molecule has 0 bridgehead atoms.